The van der Waals surface area contributed by atoms with Crippen LogP contribution in [0.3, 0.4) is 0 Å². The highest BCUT2D eigenvalue weighted by Crippen LogP contribution is 2.23. The van der Waals surface area contributed by atoms with Gasteiger partial charge in [0.1, 0.15) is 11.5 Å². The third-order valence-electron chi connectivity index (χ3n) is 2.79. The summed E-state index contributed by atoms with van der Waals surface area (Å²) in [6.45, 7) is 1.28. The second-order valence-corrected chi connectivity index (χ2v) is 4.09. The van der Waals surface area contributed by atoms with Gasteiger partial charge in [-0.1, -0.05) is 6.07 Å². The molecule has 2 rings (SSSR count). The molecule has 94 valence electrons. The van der Waals surface area contributed by atoms with E-state index >= 15 is 0 Å². The minimum Gasteiger partial charge on any atom is -0.509 e. The summed E-state index contributed by atoms with van der Waals surface area (Å²) in [5.41, 5.74) is -0.0225. The van der Waals surface area contributed by atoms with Crippen LogP contribution in [0.15, 0.2) is 34.9 Å². The first kappa shape index (κ1) is 12.0. The van der Waals surface area contributed by atoms with Crippen molar-refractivity contribution in [2.75, 3.05) is 0 Å². The molecule has 0 fully saturated rings. The SMILES string of the molecule is CC(O)=C(O)c1cn(C)c2cccc(O)c2c1=O. The summed E-state index contributed by atoms with van der Waals surface area (Å²) in [6, 6.07) is 4.72. The van der Waals surface area contributed by atoms with E-state index in [1.165, 1.54) is 19.2 Å². The average molecular weight is 247 g/mol. The molecule has 0 saturated heterocycles. The average Bonchev–Trinajstić information content (AvgIpc) is 2.32. The number of aliphatic hydroxyl groups excluding tert-OH is 2. The fourth-order valence-electron chi connectivity index (χ4n) is 1.87. The van der Waals surface area contributed by atoms with Gasteiger partial charge in [-0.25, -0.2) is 0 Å². The van der Waals surface area contributed by atoms with Crippen molar-refractivity contribution in [1.82, 2.24) is 4.57 Å². The van der Waals surface area contributed by atoms with Crippen LogP contribution in [-0.2, 0) is 7.05 Å². The molecular formula is C13H13NO4. The number of aromatic hydroxyl groups is 1. The summed E-state index contributed by atoms with van der Waals surface area (Å²) in [7, 11) is 1.69. The van der Waals surface area contributed by atoms with Gasteiger partial charge in [-0.3, -0.25) is 4.79 Å². The van der Waals surface area contributed by atoms with Gasteiger partial charge in [0.2, 0.25) is 5.43 Å². The molecule has 5 nitrogen and oxygen atoms in total. The molecule has 0 amide bonds. The van der Waals surface area contributed by atoms with Crippen molar-refractivity contribution in [2.45, 2.75) is 6.92 Å². The molecule has 0 radical (unpaired) electrons. The molecule has 0 atom stereocenters. The number of fused-ring (bicyclic) bond motifs is 1. The van der Waals surface area contributed by atoms with Gasteiger partial charge in [0.25, 0.3) is 0 Å². The zero-order valence-electron chi connectivity index (χ0n) is 10.0. The molecule has 1 heterocycles. The highest BCUT2D eigenvalue weighted by molar-refractivity contribution is 5.87. The second-order valence-electron chi connectivity index (χ2n) is 4.09. The number of aliphatic hydroxyl groups is 2. The Morgan fingerprint density at radius 3 is 2.56 bits per heavy atom. The summed E-state index contributed by atoms with van der Waals surface area (Å²) >= 11 is 0. The van der Waals surface area contributed by atoms with Gasteiger partial charge in [-0.2, -0.15) is 0 Å². The largest absolute Gasteiger partial charge is 0.509 e. The topological polar surface area (TPSA) is 82.7 Å². The summed E-state index contributed by atoms with van der Waals surface area (Å²) in [5, 5.41) is 28.8. The van der Waals surface area contributed by atoms with Crippen LogP contribution in [-0.4, -0.2) is 19.9 Å². The first-order valence-corrected chi connectivity index (χ1v) is 5.34. The number of hydrogen-bond donors (Lipinski definition) is 3. The molecule has 0 unspecified atom stereocenters. The van der Waals surface area contributed by atoms with Gasteiger partial charge in [0.05, 0.1) is 16.5 Å². The van der Waals surface area contributed by atoms with Crippen LogP contribution in [0.25, 0.3) is 16.7 Å². The fourth-order valence-corrected chi connectivity index (χ4v) is 1.87. The fraction of sp³-hybridized carbons (Fsp3) is 0.154. The van der Waals surface area contributed by atoms with E-state index in [-0.39, 0.29) is 22.5 Å². The molecule has 18 heavy (non-hydrogen) atoms. The summed E-state index contributed by atoms with van der Waals surface area (Å²) in [5.74, 6) is -0.985. The molecule has 0 spiro atoms. The second kappa shape index (κ2) is 4.10. The number of phenols is 1. The molecule has 1 aromatic heterocycles. The number of phenolic OH excluding ortho intramolecular Hbond substituents is 1. The minimum atomic E-state index is -0.521. The first-order valence-electron chi connectivity index (χ1n) is 5.34. The van der Waals surface area contributed by atoms with Crippen molar-refractivity contribution in [3.63, 3.8) is 0 Å². The lowest BCUT2D eigenvalue weighted by Gasteiger charge is -2.09. The lowest BCUT2D eigenvalue weighted by molar-refractivity contribution is 0.382. The number of aromatic nitrogens is 1. The van der Waals surface area contributed by atoms with E-state index in [1.807, 2.05) is 0 Å². The van der Waals surface area contributed by atoms with E-state index in [2.05, 4.69) is 0 Å². The minimum absolute atomic E-state index is 0.0495. The van der Waals surface area contributed by atoms with Gasteiger partial charge in [0.15, 0.2) is 5.76 Å². The Bertz CT molecular complexity index is 709. The Morgan fingerprint density at radius 2 is 1.94 bits per heavy atom. The van der Waals surface area contributed by atoms with E-state index in [0.717, 1.165) is 0 Å². The van der Waals surface area contributed by atoms with E-state index < -0.39 is 11.2 Å². The zero-order chi connectivity index (χ0) is 13.4. The Labute approximate surface area is 103 Å². The van der Waals surface area contributed by atoms with Crippen molar-refractivity contribution < 1.29 is 15.3 Å². The molecule has 0 aliphatic carbocycles. The van der Waals surface area contributed by atoms with Crippen molar-refractivity contribution in [3.8, 4) is 5.75 Å². The molecule has 3 N–H and O–H groups in total. The van der Waals surface area contributed by atoms with Crippen molar-refractivity contribution >= 4 is 16.7 Å². The van der Waals surface area contributed by atoms with Gasteiger partial charge in [0, 0.05) is 13.2 Å². The molecule has 2 aromatic rings. The first-order chi connectivity index (χ1) is 8.43. The number of nitrogens with zero attached hydrogens (tertiary/aromatic N) is 1. The normalized spacial score (nSPS) is 12.6. The maximum absolute atomic E-state index is 12.2. The number of aryl methyl sites for hydroxylation is 1. The predicted octanol–water partition coefficient (Wildman–Crippen LogP) is 2.05. The van der Waals surface area contributed by atoms with Crippen LogP contribution in [0.5, 0.6) is 5.75 Å². The van der Waals surface area contributed by atoms with Crippen molar-refractivity contribution in [1.29, 1.82) is 0 Å². The van der Waals surface area contributed by atoms with E-state index in [1.54, 1.807) is 23.7 Å². The van der Waals surface area contributed by atoms with Crippen LogP contribution in [0.4, 0.5) is 0 Å². The molecule has 1 aromatic carbocycles. The monoisotopic (exact) mass is 247 g/mol. The van der Waals surface area contributed by atoms with Crippen molar-refractivity contribution in [2.24, 2.45) is 7.05 Å². The Balaban J connectivity index is 2.98. The lowest BCUT2D eigenvalue weighted by atomic mass is 10.1. The smallest absolute Gasteiger partial charge is 0.204 e. The predicted molar refractivity (Wildman–Crippen MR) is 68.7 cm³/mol. The van der Waals surface area contributed by atoms with Crippen LogP contribution < -0.4 is 5.43 Å². The zero-order valence-corrected chi connectivity index (χ0v) is 10.0. The van der Waals surface area contributed by atoms with E-state index in [4.69, 9.17) is 0 Å². The van der Waals surface area contributed by atoms with E-state index in [0.29, 0.717) is 5.52 Å². The molecule has 0 aliphatic heterocycles. The third-order valence-corrected chi connectivity index (χ3v) is 2.79. The highest BCUT2D eigenvalue weighted by atomic mass is 16.3. The highest BCUT2D eigenvalue weighted by Gasteiger charge is 2.15. The Morgan fingerprint density at radius 1 is 1.28 bits per heavy atom. The van der Waals surface area contributed by atoms with Crippen LogP contribution in [0.1, 0.15) is 12.5 Å². The number of benzene rings is 1. The number of pyridine rings is 1. The molecule has 0 aliphatic rings. The number of rotatable bonds is 1. The maximum atomic E-state index is 12.2. The molecule has 0 bridgehead atoms. The van der Waals surface area contributed by atoms with Gasteiger partial charge < -0.3 is 19.9 Å². The third kappa shape index (κ3) is 1.69. The Hall–Kier alpha value is -2.43. The van der Waals surface area contributed by atoms with E-state index in [9.17, 15) is 20.1 Å². The number of allylic oxidation sites excluding steroid dienone is 1. The standard InChI is InChI=1S/C13H13NO4/c1-7(15)12(17)8-6-14(2)9-4-3-5-10(16)11(9)13(8)18/h3-6,15-17H,1-2H3. The summed E-state index contributed by atoms with van der Waals surface area (Å²) in [4.78, 5) is 12.2. The number of hydrogen-bond acceptors (Lipinski definition) is 4. The lowest BCUT2D eigenvalue weighted by Crippen LogP contribution is -2.13. The quantitative estimate of drug-likeness (QED) is 0.673. The Kier molecular flexibility index (Phi) is 2.74. The van der Waals surface area contributed by atoms with Gasteiger partial charge >= 0.3 is 0 Å². The van der Waals surface area contributed by atoms with Crippen LogP contribution in [0.2, 0.25) is 0 Å². The van der Waals surface area contributed by atoms with Crippen LogP contribution >= 0.6 is 0 Å². The van der Waals surface area contributed by atoms with Gasteiger partial charge in [-0.05, 0) is 19.1 Å². The van der Waals surface area contributed by atoms with Crippen molar-refractivity contribution in [3.05, 3.63) is 45.9 Å². The van der Waals surface area contributed by atoms with Gasteiger partial charge in [-0.15, -0.1) is 0 Å². The summed E-state index contributed by atoms with van der Waals surface area (Å²) in [6.07, 6.45) is 1.42. The molecule has 5 heteroatoms. The van der Waals surface area contributed by atoms with Crippen LogP contribution in [0, 0.1) is 0 Å². The molecule has 0 saturated carbocycles. The molecular weight excluding hydrogens is 234 g/mol. The maximum Gasteiger partial charge on any atom is 0.204 e. The summed E-state index contributed by atoms with van der Waals surface area (Å²) < 4.78 is 1.60.